The Morgan fingerprint density at radius 1 is 1.23 bits per heavy atom. The van der Waals surface area contributed by atoms with Crippen LogP contribution in [0, 0.1) is 23.2 Å². The molecule has 0 bridgehead atoms. The van der Waals surface area contributed by atoms with E-state index in [4.69, 9.17) is 16.3 Å². The van der Waals surface area contributed by atoms with Gasteiger partial charge in [0.05, 0.1) is 24.2 Å². The second-order valence-corrected chi connectivity index (χ2v) is 15.9. The van der Waals surface area contributed by atoms with Crippen LogP contribution in [0.2, 0.25) is 5.02 Å². The first-order valence-corrected chi connectivity index (χ1v) is 17.6. The van der Waals surface area contributed by atoms with Crippen molar-refractivity contribution in [1.82, 2.24) is 4.72 Å². The van der Waals surface area contributed by atoms with Crippen LogP contribution in [0.4, 0.5) is 5.69 Å². The summed E-state index contributed by atoms with van der Waals surface area (Å²) in [5.41, 5.74) is 2.60. The number of carbonyl (C=O) groups excluding carboxylic acids is 1. The molecule has 1 fully saturated rings. The van der Waals surface area contributed by atoms with E-state index in [1.165, 1.54) is 11.1 Å². The van der Waals surface area contributed by atoms with Gasteiger partial charge in [-0.05, 0) is 96.7 Å². The topological polar surface area (TPSA) is 95.9 Å². The van der Waals surface area contributed by atoms with Crippen molar-refractivity contribution < 1.29 is 23.1 Å². The summed E-state index contributed by atoms with van der Waals surface area (Å²) in [5.74, 6) is 0.0754. The van der Waals surface area contributed by atoms with E-state index >= 15 is 0 Å². The third-order valence-electron chi connectivity index (χ3n) is 10.3. The zero-order valence-corrected chi connectivity index (χ0v) is 27.6. The van der Waals surface area contributed by atoms with Crippen LogP contribution >= 0.6 is 11.6 Å². The molecular weight excluding hydrogens is 596 g/mol. The summed E-state index contributed by atoms with van der Waals surface area (Å²) < 4.78 is 35.0. The maximum atomic E-state index is 13.4. The molecule has 5 rings (SSSR count). The Labute approximate surface area is 267 Å². The lowest BCUT2D eigenvalue weighted by atomic mass is 9.68. The molecule has 1 amide bonds. The first-order valence-electron chi connectivity index (χ1n) is 15.6. The van der Waals surface area contributed by atoms with Gasteiger partial charge < -0.3 is 14.7 Å². The number of hydrogen-bond acceptors (Lipinski definition) is 6. The number of anilines is 1. The van der Waals surface area contributed by atoms with Crippen LogP contribution in [-0.4, -0.2) is 51.0 Å². The molecule has 0 saturated heterocycles. The van der Waals surface area contributed by atoms with E-state index in [0.29, 0.717) is 25.4 Å². The van der Waals surface area contributed by atoms with Crippen molar-refractivity contribution in [3.8, 4) is 5.75 Å². The van der Waals surface area contributed by atoms with Gasteiger partial charge in [0.1, 0.15) is 5.75 Å². The van der Waals surface area contributed by atoms with Gasteiger partial charge in [0.25, 0.3) is 5.91 Å². The number of fused-ring (bicyclic) bond motifs is 3. The van der Waals surface area contributed by atoms with Crippen molar-refractivity contribution in [2.75, 3.05) is 30.3 Å². The van der Waals surface area contributed by atoms with Gasteiger partial charge in [0.2, 0.25) is 10.0 Å². The minimum atomic E-state index is -3.92. The van der Waals surface area contributed by atoms with E-state index in [-0.39, 0.29) is 34.5 Å². The molecule has 1 heterocycles. The minimum absolute atomic E-state index is 0.0596. The molecule has 5 atom stereocenters. The highest BCUT2D eigenvalue weighted by molar-refractivity contribution is 7.90. The molecule has 2 aliphatic carbocycles. The summed E-state index contributed by atoms with van der Waals surface area (Å²) in [6, 6.07) is 11.3. The standard InChI is InChI=1S/C35H45ClN2O5S/c1-6-23(3)34(4,5)22-44(41,42)37-33(40)25-11-15-32-30(18-25)38(19-26-10-13-28(26)31(39)7-2)20-35(21-43-32)16-8-9-24-17-27(36)12-14-29(24)35/h6-7,11-12,14-15,17-18,23,26,28,31,39H,1-2,8-10,13,16,19-22H2,3-5H3,(H,37,40)/t23-,26-,28+,31-,35-/m0/s1. The highest BCUT2D eigenvalue weighted by atomic mass is 35.5. The number of aliphatic hydroxyl groups excluding tert-OH is 1. The number of aliphatic hydroxyl groups is 1. The van der Waals surface area contributed by atoms with Gasteiger partial charge in [-0.1, -0.05) is 50.6 Å². The molecule has 9 heteroatoms. The smallest absolute Gasteiger partial charge is 0.264 e. The summed E-state index contributed by atoms with van der Waals surface area (Å²) in [5, 5.41) is 11.3. The summed E-state index contributed by atoms with van der Waals surface area (Å²) in [4.78, 5) is 15.7. The van der Waals surface area contributed by atoms with Gasteiger partial charge in [0.15, 0.2) is 0 Å². The molecule has 238 valence electrons. The molecule has 3 aliphatic rings. The van der Waals surface area contributed by atoms with Crippen LogP contribution in [0.1, 0.15) is 67.9 Å². The zero-order valence-electron chi connectivity index (χ0n) is 26.0. The lowest BCUT2D eigenvalue weighted by Crippen LogP contribution is -2.49. The fraction of sp³-hybridized carbons (Fsp3) is 0.514. The number of nitrogens with zero attached hydrogens (tertiary/aromatic N) is 1. The molecule has 0 radical (unpaired) electrons. The van der Waals surface area contributed by atoms with E-state index in [1.807, 2.05) is 26.8 Å². The maximum Gasteiger partial charge on any atom is 0.264 e. The van der Waals surface area contributed by atoms with Crippen molar-refractivity contribution in [3.63, 3.8) is 0 Å². The molecular formula is C35H45ClN2O5S. The Bertz CT molecular complexity index is 1540. The second-order valence-electron chi connectivity index (χ2n) is 13.7. The Morgan fingerprint density at radius 2 is 2.00 bits per heavy atom. The molecule has 1 saturated carbocycles. The van der Waals surface area contributed by atoms with Crippen LogP contribution in [-0.2, 0) is 21.9 Å². The summed E-state index contributed by atoms with van der Waals surface area (Å²) >= 11 is 6.39. The SMILES string of the molecule is C=C[C@H](O)[C@@H]1CC[C@H]1CN1C[C@@]2(CCCc3cc(Cl)ccc32)COc2ccc(C(=O)NS(=O)(=O)CC(C)(C)[C@@H](C)C=C)cc21. The maximum absolute atomic E-state index is 13.4. The van der Waals surface area contributed by atoms with Crippen LogP contribution in [0.3, 0.4) is 0 Å². The van der Waals surface area contributed by atoms with Crippen molar-refractivity contribution >= 4 is 33.2 Å². The van der Waals surface area contributed by atoms with E-state index in [9.17, 15) is 18.3 Å². The van der Waals surface area contributed by atoms with Crippen LogP contribution in [0.15, 0.2) is 61.7 Å². The Morgan fingerprint density at radius 3 is 2.68 bits per heavy atom. The number of carbonyl (C=O) groups is 1. The number of ether oxygens (including phenoxy) is 1. The number of rotatable bonds is 10. The Hall–Kier alpha value is -2.81. The minimum Gasteiger partial charge on any atom is -0.490 e. The molecule has 0 unspecified atom stereocenters. The average molecular weight is 641 g/mol. The van der Waals surface area contributed by atoms with Crippen molar-refractivity contribution in [3.05, 3.63) is 83.4 Å². The lowest BCUT2D eigenvalue weighted by molar-refractivity contribution is 0.0460. The number of aryl methyl sites for hydroxylation is 1. The van der Waals surface area contributed by atoms with Gasteiger partial charge in [-0.2, -0.15) is 0 Å². The van der Waals surface area contributed by atoms with E-state index in [0.717, 1.165) is 42.8 Å². The third kappa shape index (κ3) is 6.58. The largest absolute Gasteiger partial charge is 0.490 e. The highest BCUT2D eigenvalue weighted by Crippen LogP contribution is 2.46. The number of halogens is 1. The first-order chi connectivity index (χ1) is 20.8. The first kappa shape index (κ1) is 32.6. The number of allylic oxidation sites excluding steroid dienone is 1. The molecule has 7 nitrogen and oxygen atoms in total. The fourth-order valence-corrected chi connectivity index (χ4v) is 9.07. The molecule has 1 aliphatic heterocycles. The summed E-state index contributed by atoms with van der Waals surface area (Å²) in [7, 11) is -3.92. The van der Waals surface area contributed by atoms with E-state index in [2.05, 4.69) is 34.9 Å². The van der Waals surface area contributed by atoms with Crippen molar-refractivity contribution in [2.45, 2.75) is 64.4 Å². The van der Waals surface area contributed by atoms with E-state index < -0.39 is 27.4 Å². The lowest BCUT2D eigenvalue weighted by Gasteiger charge is -2.45. The predicted octanol–water partition coefficient (Wildman–Crippen LogP) is 6.29. The molecule has 2 N–H and O–H groups in total. The van der Waals surface area contributed by atoms with Crippen molar-refractivity contribution in [2.24, 2.45) is 23.2 Å². The van der Waals surface area contributed by atoms with Crippen LogP contribution in [0.25, 0.3) is 0 Å². The average Bonchev–Trinajstić information content (AvgIpc) is 3.10. The quantitative estimate of drug-likeness (QED) is 0.296. The number of amides is 1. The number of nitrogens with one attached hydrogen (secondary N) is 1. The number of hydrogen-bond donors (Lipinski definition) is 2. The Kier molecular flexibility index (Phi) is 9.28. The molecule has 2 aromatic carbocycles. The van der Waals surface area contributed by atoms with Gasteiger partial charge >= 0.3 is 0 Å². The van der Waals surface area contributed by atoms with Gasteiger partial charge in [0, 0.05) is 29.1 Å². The van der Waals surface area contributed by atoms with Gasteiger partial charge in [-0.25, -0.2) is 13.1 Å². The fourth-order valence-electron chi connectivity index (χ4n) is 7.16. The predicted molar refractivity (Wildman–Crippen MR) is 177 cm³/mol. The molecule has 1 spiro atoms. The normalized spacial score (nSPS) is 24.5. The number of benzene rings is 2. The van der Waals surface area contributed by atoms with E-state index in [1.54, 1.807) is 30.4 Å². The monoisotopic (exact) mass is 640 g/mol. The highest BCUT2D eigenvalue weighted by Gasteiger charge is 2.44. The summed E-state index contributed by atoms with van der Waals surface area (Å²) in [6.45, 7) is 15.0. The second kappa shape index (κ2) is 12.5. The molecule has 2 aromatic rings. The van der Waals surface area contributed by atoms with Crippen LogP contribution in [0.5, 0.6) is 5.75 Å². The third-order valence-corrected chi connectivity index (χ3v) is 12.2. The van der Waals surface area contributed by atoms with Crippen LogP contribution < -0.4 is 14.4 Å². The zero-order chi connectivity index (χ0) is 31.9. The molecule has 44 heavy (non-hydrogen) atoms. The summed E-state index contributed by atoms with van der Waals surface area (Å²) in [6.07, 6.45) is 7.60. The van der Waals surface area contributed by atoms with Gasteiger partial charge in [-0.3, -0.25) is 4.79 Å². The Balaban J connectivity index is 1.47. The van der Waals surface area contributed by atoms with Gasteiger partial charge in [-0.15, -0.1) is 13.2 Å². The number of sulfonamides is 1. The van der Waals surface area contributed by atoms with Crippen molar-refractivity contribution in [1.29, 1.82) is 0 Å². The molecule has 0 aromatic heterocycles.